The van der Waals surface area contributed by atoms with Gasteiger partial charge in [0.1, 0.15) is 22.7 Å². The molecule has 3 rings (SSSR count). The van der Waals surface area contributed by atoms with E-state index in [0.29, 0.717) is 32.5 Å². The van der Waals surface area contributed by atoms with E-state index >= 15 is 0 Å². The molecule has 7 heteroatoms. The molecule has 0 saturated heterocycles. The second kappa shape index (κ2) is 9.13. The highest BCUT2D eigenvalue weighted by Crippen LogP contribution is 2.39. The molecular formula is C22H21BrO6. The van der Waals surface area contributed by atoms with Gasteiger partial charge in [-0.2, -0.15) is 0 Å². The predicted molar refractivity (Wildman–Crippen MR) is 112 cm³/mol. The van der Waals surface area contributed by atoms with Crippen LogP contribution in [0.3, 0.4) is 0 Å². The molecule has 0 spiro atoms. The lowest BCUT2D eigenvalue weighted by Gasteiger charge is -2.14. The minimum Gasteiger partial charge on any atom is -0.478 e. The Kier molecular flexibility index (Phi) is 6.59. The van der Waals surface area contributed by atoms with Crippen LogP contribution in [0.5, 0.6) is 5.75 Å². The molecule has 1 atom stereocenters. The summed E-state index contributed by atoms with van der Waals surface area (Å²) in [6, 6.07) is 12.7. The second-order valence-corrected chi connectivity index (χ2v) is 7.04. The van der Waals surface area contributed by atoms with Crippen molar-refractivity contribution in [3.63, 3.8) is 0 Å². The molecule has 6 nitrogen and oxygen atoms in total. The van der Waals surface area contributed by atoms with Crippen LogP contribution < -0.4 is 4.74 Å². The number of benzene rings is 2. The van der Waals surface area contributed by atoms with Gasteiger partial charge in [0.25, 0.3) is 0 Å². The summed E-state index contributed by atoms with van der Waals surface area (Å²) in [5.74, 6) is -0.148. The minimum absolute atomic E-state index is 0.236. The molecule has 0 aliphatic carbocycles. The van der Waals surface area contributed by atoms with Gasteiger partial charge in [-0.25, -0.2) is 9.59 Å². The first-order valence-corrected chi connectivity index (χ1v) is 10.1. The van der Waals surface area contributed by atoms with Crippen LogP contribution in [0, 0.1) is 0 Å². The van der Waals surface area contributed by atoms with Crippen LogP contribution in [-0.2, 0) is 14.3 Å². The molecule has 2 aromatic carbocycles. The van der Waals surface area contributed by atoms with Crippen molar-refractivity contribution in [2.45, 2.75) is 26.9 Å². The third kappa shape index (κ3) is 4.45. The van der Waals surface area contributed by atoms with E-state index in [1.165, 1.54) is 0 Å². The Labute approximate surface area is 176 Å². The summed E-state index contributed by atoms with van der Waals surface area (Å²) in [6.07, 6.45) is -0.810. The number of fused-ring (bicyclic) bond motifs is 1. The van der Waals surface area contributed by atoms with Crippen molar-refractivity contribution in [2.75, 3.05) is 13.2 Å². The Morgan fingerprint density at radius 2 is 1.76 bits per heavy atom. The van der Waals surface area contributed by atoms with Gasteiger partial charge in [0.05, 0.1) is 17.7 Å². The van der Waals surface area contributed by atoms with Gasteiger partial charge in [-0.05, 0) is 48.8 Å². The second-order valence-electron chi connectivity index (χ2n) is 6.18. The summed E-state index contributed by atoms with van der Waals surface area (Å²) in [4.78, 5) is 24.6. The summed E-state index contributed by atoms with van der Waals surface area (Å²) in [7, 11) is 0. The Bertz CT molecular complexity index is 1020. The van der Waals surface area contributed by atoms with Gasteiger partial charge >= 0.3 is 11.9 Å². The van der Waals surface area contributed by atoms with Crippen molar-refractivity contribution in [3.8, 4) is 17.1 Å². The number of carbonyl (C=O) groups excluding carboxylic acids is 2. The van der Waals surface area contributed by atoms with E-state index in [-0.39, 0.29) is 13.2 Å². The number of ether oxygens (including phenoxy) is 3. The molecule has 29 heavy (non-hydrogen) atoms. The number of rotatable bonds is 7. The molecule has 0 saturated carbocycles. The maximum absolute atomic E-state index is 12.7. The van der Waals surface area contributed by atoms with Gasteiger partial charge in [-0.15, -0.1) is 0 Å². The summed E-state index contributed by atoms with van der Waals surface area (Å²) in [6.45, 7) is 5.58. The quantitative estimate of drug-likeness (QED) is 0.441. The third-order valence-electron chi connectivity index (χ3n) is 4.18. The van der Waals surface area contributed by atoms with Crippen LogP contribution in [0.2, 0.25) is 0 Å². The number of furan rings is 1. The molecule has 0 fully saturated rings. The normalized spacial score (nSPS) is 11.9. The Morgan fingerprint density at radius 3 is 2.41 bits per heavy atom. The standard InChI is InChI=1S/C22H21BrO6/c1-4-26-21(24)13(3)28-18-11-15-17(12-16(18)23)29-20(14-9-7-6-8-10-14)19(15)22(25)27-5-2/h6-13H,4-5H2,1-3H3/t13-/m1/s1. The van der Waals surface area contributed by atoms with Crippen LogP contribution >= 0.6 is 15.9 Å². The van der Waals surface area contributed by atoms with Gasteiger partial charge in [0.15, 0.2) is 6.10 Å². The fraction of sp³-hybridized carbons (Fsp3) is 0.273. The van der Waals surface area contributed by atoms with E-state index in [1.54, 1.807) is 32.9 Å². The van der Waals surface area contributed by atoms with E-state index in [2.05, 4.69) is 15.9 Å². The molecule has 0 aliphatic rings. The third-order valence-corrected chi connectivity index (χ3v) is 4.80. The molecule has 0 bridgehead atoms. The van der Waals surface area contributed by atoms with E-state index < -0.39 is 18.0 Å². The average molecular weight is 461 g/mol. The molecular weight excluding hydrogens is 440 g/mol. The number of esters is 2. The first-order chi connectivity index (χ1) is 14.0. The van der Waals surface area contributed by atoms with Crippen molar-refractivity contribution >= 4 is 38.8 Å². The summed E-state index contributed by atoms with van der Waals surface area (Å²) < 4.78 is 22.6. The molecule has 0 radical (unpaired) electrons. The highest BCUT2D eigenvalue weighted by atomic mass is 79.9. The zero-order valence-electron chi connectivity index (χ0n) is 16.4. The lowest BCUT2D eigenvalue weighted by atomic mass is 10.1. The molecule has 0 unspecified atom stereocenters. The Morgan fingerprint density at radius 1 is 1.07 bits per heavy atom. The van der Waals surface area contributed by atoms with Gasteiger partial charge in [0, 0.05) is 10.9 Å². The average Bonchev–Trinajstić information content (AvgIpc) is 3.07. The molecule has 1 heterocycles. The number of hydrogen-bond donors (Lipinski definition) is 0. The van der Waals surface area contributed by atoms with E-state index in [9.17, 15) is 9.59 Å². The molecule has 1 aromatic heterocycles. The fourth-order valence-corrected chi connectivity index (χ4v) is 3.30. The maximum atomic E-state index is 12.7. The minimum atomic E-state index is -0.810. The highest BCUT2D eigenvalue weighted by molar-refractivity contribution is 9.10. The lowest BCUT2D eigenvalue weighted by Crippen LogP contribution is -2.26. The van der Waals surface area contributed by atoms with E-state index in [1.807, 2.05) is 30.3 Å². The lowest BCUT2D eigenvalue weighted by molar-refractivity contribution is -0.150. The topological polar surface area (TPSA) is 75.0 Å². The first-order valence-electron chi connectivity index (χ1n) is 9.28. The summed E-state index contributed by atoms with van der Waals surface area (Å²) >= 11 is 3.44. The predicted octanol–water partition coefficient (Wildman–Crippen LogP) is 5.37. The molecule has 3 aromatic rings. The molecule has 0 amide bonds. The van der Waals surface area contributed by atoms with E-state index in [4.69, 9.17) is 18.6 Å². The van der Waals surface area contributed by atoms with Gasteiger partial charge in [-0.1, -0.05) is 30.3 Å². The van der Waals surface area contributed by atoms with Crippen LogP contribution in [0.25, 0.3) is 22.3 Å². The van der Waals surface area contributed by atoms with Crippen molar-refractivity contribution < 1.29 is 28.2 Å². The van der Waals surface area contributed by atoms with Gasteiger partial charge in [-0.3, -0.25) is 0 Å². The van der Waals surface area contributed by atoms with E-state index in [0.717, 1.165) is 5.56 Å². The van der Waals surface area contributed by atoms with Crippen molar-refractivity contribution in [3.05, 3.63) is 52.5 Å². The summed E-state index contributed by atoms with van der Waals surface area (Å²) in [5, 5.41) is 0.538. The summed E-state index contributed by atoms with van der Waals surface area (Å²) in [5.41, 5.74) is 1.56. The van der Waals surface area contributed by atoms with Crippen molar-refractivity contribution in [1.29, 1.82) is 0 Å². The molecule has 0 N–H and O–H groups in total. The van der Waals surface area contributed by atoms with Crippen molar-refractivity contribution in [1.82, 2.24) is 0 Å². The van der Waals surface area contributed by atoms with Crippen LogP contribution in [0.15, 0.2) is 51.4 Å². The highest BCUT2D eigenvalue weighted by Gasteiger charge is 2.25. The van der Waals surface area contributed by atoms with Gasteiger partial charge < -0.3 is 18.6 Å². The Hall–Kier alpha value is -2.80. The Balaban J connectivity index is 2.11. The van der Waals surface area contributed by atoms with Crippen LogP contribution in [0.4, 0.5) is 0 Å². The van der Waals surface area contributed by atoms with Crippen LogP contribution in [-0.4, -0.2) is 31.3 Å². The zero-order valence-corrected chi connectivity index (χ0v) is 17.9. The molecule has 152 valence electrons. The fourth-order valence-electron chi connectivity index (χ4n) is 2.89. The van der Waals surface area contributed by atoms with Crippen LogP contribution in [0.1, 0.15) is 31.1 Å². The van der Waals surface area contributed by atoms with Gasteiger partial charge in [0.2, 0.25) is 0 Å². The number of hydrogen-bond acceptors (Lipinski definition) is 6. The number of carbonyl (C=O) groups is 2. The monoisotopic (exact) mass is 460 g/mol. The maximum Gasteiger partial charge on any atom is 0.347 e. The largest absolute Gasteiger partial charge is 0.478 e. The number of halogens is 1. The SMILES string of the molecule is CCOC(=O)c1c(-c2ccccc2)oc2cc(Br)c(O[C@H](C)C(=O)OCC)cc12. The smallest absolute Gasteiger partial charge is 0.347 e. The zero-order chi connectivity index (χ0) is 21.0. The molecule has 0 aliphatic heterocycles. The van der Waals surface area contributed by atoms with Crippen molar-refractivity contribution in [2.24, 2.45) is 0 Å². The first kappa shape index (κ1) is 20.9.